The highest BCUT2D eigenvalue weighted by atomic mass is 19.1. The highest BCUT2D eigenvalue weighted by Crippen LogP contribution is 2.25. The highest BCUT2D eigenvalue weighted by molar-refractivity contribution is 6.00. The van der Waals surface area contributed by atoms with Crippen LogP contribution in [0.2, 0.25) is 0 Å². The maximum absolute atomic E-state index is 13.3. The van der Waals surface area contributed by atoms with Crippen molar-refractivity contribution in [2.75, 3.05) is 26.7 Å². The first kappa shape index (κ1) is 21.2. The molecule has 1 aliphatic rings. The van der Waals surface area contributed by atoms with Crippen LogP contribution in [-0.2, 0) is 0 Å². The summed E-state index contributed by atoms with van der Waals surface area (Å²) < 4.78 is 15.0. The number of nitrogens with zero attached hydrogens (tertiary/aromatic N) is 3. The van der Waals surface area contributed by atoms with Gasteiger partial charge in [0.25, 0.3) is 5.91 Å². The molecule has 1 amide bonds. The number of piperidine rings is 1. The number of carbonyl (C=O) groups is 1. The molecule has 0 atom stereocenters. The quantitative estimate of drug-likeness (QED) is 0.641. The first-order chi connectivity index (χ1) is 15.0. The molecule has 3 aromatic rings. The van der Waals surface area contributed by atoms with Crippen molar-refractivity contribution < 1.29 is 9.18 Å². The standard InChI is InChI=1S/C25H29FN4O/c1-18-4-3-5-20(16-18)24-23(17-30(28-24)22-8-6-21(26)7-9-22)25(31)27-13-10-19-11-14-29(2)15-12-19/h3-9,16-17,19H,10-15H2,1-2H3,(H,27,31). The summed E-state index contributed by atoms with van der Waals surface area (Å²) in [5, 5.41) is 7.77. The molecular formula is C25H29FN4O. The van der Waals surface area contributed by atoms with Crippen LogP contribution in [0.4, 0.5) is 4.39 Å². The van der Waals surface area contributed by atoms with Crippen LogP contribution >= 0.6 is 0 Å². The molecule has 162 valence electrons. The molecular weight excluding hydrogens is 391 g/mol. The number of rotatable bonds is 6. The first-order valence-electron chi connectivity index (χ1n) is 10.9. The fourth-order valence-electron chi connectivity index (χ4n) is 4.11. The third kappa shape index (κ3) is 5.20. The molecule has 6 heteroatoms. The van der Waals surface area contributed by atoms with Gasteiger partial charge in [-0.05, 0) is 82.6 Å². The second kappa shape index (κ2) is 9.43. The van der Waals surface area contributed by atoms with E-state index in [1.807, 2.05) is 31.2 Å². The van der Waals surface area contributed by atoms with E-state index in [1.165, 1.54) is 25.0 Å². The Morgan fingerprint density at radius 2 is 1.90 bits per heavy atom. The lowest BCUT2D eigenvalue weighted by molar-refractivity contribution is 0.0949. The van der Waals surface area contributed by atoms with E-state index in [0.29, 0.717) is 29.4 Å². The van der Waals surface area contributed by atoms with Crippen LogP contribution in [-0.4, -0.2) is 47.3 Å². The molecule has 0 bridgehead atoms. The fourth-order valence-corrected chi connectivity index (χ4v) is 4.11. The number of amides is 1. The number of hydrogen-bond donors (Lipinski definition) is 1. The first-order valence-corrected chi connectivity index (χ1v) is 10.9. The number of aryl methyl sites for hydroxylation is 1. The van der Waals surface area contributed by atoms with Gasteiger partial charge in [0.15, 0.2) is 0 Å². The summed E-state index contributed by atoms with van der Waals surface area (Å²) in [4.78, 5) is 15.4. The molecule has 31 heavy (non-hydrogen) atoms. The molecule has 4 rings (SSSR count). The van der Waals surface area contributed by atoms with Gasteiger partial charge in [-0.1, -0.05) is 23.8 Å². The topological polar surface area (TPSA) is 50.2 Å². The molecule has 0 spiro atoms. The van der Waals surface area contributed by atoms with E-state index in [4.69, 9.17) is 0 Å². The predicted octanol–water partition coefficient (Wildman–Crippen LogP) is 4.45. The van der Waals surface area contributed by atoms with E-state index in [1.54, 1.807) is 23.0 Å². The summed E-state index contributed by atoms with van der Waals surface area (Å²) >= 11 is 0. The lowest BCUT2D eigenvalue weighted by atomic mass is 9.94. The van der Waals surface area contributed by atoms with E-state index < -0.39 is 0 Å². The molecule has 1 N–H and O–H groups in total. The van der Waals surface area contributed by atoms with E-state index in [-0.39, 0.29) is 11.7 Å². The lowest BCUT2D eigenvalue weighted by Gasteiger charge is -2.28. The van der Waals surface area contributed by atoms with Crippen molar-refractivity contribution in [2.45, 2.75) is 26.2 Å². The minimum atomic E-state index is -0.304. The van der Waals surface area contributed by atoms with Crippen LogP contribution in [0, 0.1) is 18.7 Å². The smallest absolute Gasteiger partial charge is 0.255 e. The third-order valence-electron chi connectivity index (χ3n) is 6.02. The Labute approximate surface area is 182 Å². The Morgan fingerprint density at radius 3 is 2.61 bits per heavy atom. The van der Waals surface area contributed by atoms with Gasteiger partial charge in [-0.15, -0.1) is 0 Å². The van der Waals surface area contributed by atoms with Crippen molar-refractivity contribution in [1.29, 1.82) is 0 Å². The number of nitrogens with one attached hydrogen (secondary N) is 1. The summed E-state index contributed by atoms with van der Waals surface area (Å²) in [6, 6.07) is 14.1. The number of aromatic nitrogens is 2. The fraction of sp³-hybridized carbons (Fsp3) is 0.360. The summed E-state index contributed by atoms with van der Waals surface area (Å²) in [6.07, 6.45) is 5.09. The van der Waals surface area contributed by atoms with Crippen LogP contribution in [0.1, 0.15) is 35.2 Å². The highest BCUT2D eigenvalue weighted by Gasteiger charge is 2.20. The minimum absolute atomic E-state index is 0.127. The van der Waals surface area contributed by atoms with Crippen molar-refractivity contribution in [1.82, 2.24) is 20.0 Å². The second-order valence-corrected chi connectivity index (χ2v) is 8.47. The Balaban J connectivity index is 1.54. The molecule has 0 aliphatic carbocycles. The van der Waals surface area contributed by atoms with Gasteiger partial charge in [-0.25, -0.2) is 9.07 Å². The maximum atomic E-state index is 13.3. The zero-order chi connectivity index (χ0) is 21.8. The SMILES string of the molecule is Cc1cccc(-c2nn(-c3ccc(F)cc3)cc2C(=O)NCCC2CCN(C)CC2)c1. The van der Waals surface area contributed by atoms with Gasteiger partial charge in [0.1, 0.15) is 11.5 Å². The van der Waals surface area contributed by atoms with Crippen LogP contribution in [0.15, 0.2) is 54.7 Å². The number of carbonyl (C=O) groups excluding carboxylic acids is 1. The van der Waals surface area contributed by atoms with Gasteiger partial charge in [0.2, 0.25) is 0 Å². The maximum Gasteiger partial charge on any atom is 0.255 e. The molecule has 0 unspecified atom stereocenters. The molecule has 1 aliphatic heterocycles. The molecule has 0 radical (unpaired) electrons. The Morgan fingerprint density at radius 1 is 1.16 bits per heavy atom. The summed E-state index contributed by atoms with van der Waals surface area (Å²) in [7, 11) is 2.16. The third-order valence-corrected chi connectivity index (χ3v) is 6.02. The monoisotopic (exact) mass is 420 g/mol. The zero-order valence-electron chi connectivity index (χ0n) is 18.1. The number of hydrogen-bond acceptors (Lipinski definition) is 3. The van der Waals surface area contributed by atoms with Crippen LogP contribution in [0.3, 0.4) is 0 Å². The van der Waals surface area contributed by atoms with Crippen LogP contribution in [0.5, 0.6) is 0 Å². The zero-order valence-corrected chi connectivity index (χ0v) is 18.1. The Kier molecular flexibility index (Phi) is 6.47. The molecule has 2 heterocycles. The van der Waals surface area contributed by atoms with Gasteiger partial charge < -0.3 is 10.2 Å². The van der Waals surface area contributed by atoms with Crippen molar-refractivity contribution >= 4 is 5.91 Å². The summed E-state index contributed by atoms with van der Waals surface area (Å²) in [5.74, 6) is 0.231. The second-order valence-electron chi connectivity index (χ2n) is 8.47. The van der Waals surface area contributed by atoms with Gasteiger partial charge in [0, 0.05) is 18.3 Å². The summed E-state index contributed by atoms with van der Waals surface area (Å²) in [5.41, 5.74) is 3.85. The van der Waals surface area contributed by atoms with Crippen molar-refractivity contribution in [3.63, 3.8) is 0 Å². The molecule has 2 aromatic carbocycles. The average Bonchev–Trinajstić information content (AvgIpc) is 3.21. The van der Waals surface area contributed by atoms with Gasteiger partial charge in [-0.3, -0.25) is 4.79 Å². The Hall–Kier alpha value is -2.99. The van der Waals surface area contributed by atoms with E-state index in [0.717, 1.165) is 30.6 Å². The van der Waals surface area contributed by atoms with Gasteiger partial charge in [0.05, 0.1) is 11.3 Å². The van der Waals surface area contributed by atoms with E-state index in [2.05, 4.69) is 22.4 Å². The molecule has 5 nitrogen and oxygen atoms in total. The van der Waals surface area contributed by atoms with E-state index in [9.17, 15) is 9.18 Å². The summed E-state index contributed by atoms with van der Waals surface area (Å²) in [6.45, 7) is 4.92. The molecule has 1 aromatic heterocycles. The van der Waals surface area contributed by atoms with Gasteiger partial charge >= 0.3 is 0 Å². The number of likely N-dealkylation sites (tertiary alicyclic amines) is 1. The molecule has 1 fully saturated rings. The predicted molar refractivity (Wildman–Crippen MR) is 121 cm³/mol. The van der Waals surface area contributed by atoms with E-state index >= 15 is 0 Å². The molecule has 1 saturated heterocycles. The number of benzene rings is 2. The Bertz CT molecular complexity index is 1040. The number of halogens is 1. The average molecular weight is 421 g/mol. The van der Waals surface area contributed by atoms with Crippen molar-refractivity contribution in [2.24, 2.45) is 5.92 Å². The normalized spacial score (nSPS) is 15.2. The minimum Gasteiger partial charge on any atom is -0.352 e. The van der Waals surface area contributed by atoms with Crippen molar-refractivity contribution in [3.05, 3.63) is 71.7 Å². The van der Waals surface area contributed by atoms with Crippen LogP contribution < -0.4 is 5.32 Å². The largest absolute Gasteiger partial charge is 0.352 e. The molecule has 0 saturated carbocycles. The lowest BCUT2D eigenvalue weighted by Crippen LogP contribution is -2.32. The van der Waals surface area contributed by atoms with Gasteiger partial charge in [-0.2, -0.15) is 5.10 Å². The van der Waals surface area contributed by atoms with Crippen LogP contribution in [0.25, 0.3) is 16.9 Å². The van der Waals surface area contributed by atoms with Crippen molar-refractivity contribution in [3.8, 4) is 16.9 Å².